The van der Waals surface area contributed by atoms with E-state index in [2.05, 4.69) is 10.6 Å². The molecule has 2 bridgehead atoms. The van der Waals surface area contributed by atoms with E-state index >= 15 is 0 Å². The molecule has 2 heterocycles. The topological polar surface area (TPSA) is 138 Å². The van der Waals surface area contributed by atoms with Gasteiger partial charge in [0.15, 0.2) is 6.04 Å². The maximum absolute atomic E-state index is 13.1. The second kappa shape index (κ2) is 14.4. The summed E-state index contributed by atoms with van der Waals surface area (Å²) in [7, 11) is 2.60. The molecule has 10 nitrogen and oxygen atoms in total. The van der Waals surface area contributed by atoms with Crippen molar-refractivity contribution < 1.29 is 33.2 Å². The van der Waals surface area contributed by atoms with Crippen molar-refractivity contribution in [2.45, 2.75) is 38.2 Å². The fourth-order valence-electron chi connectivity index (χ4n) is 3.25. The van der Waals surface area contributed by atoms with Crippen LogP contribution in [0.5, 0.6) is 5.75 Å². The maximum atomic E-state index is 13.1. The summed E-state index contributed by atoms with van der Waals surface area (Å²) in [5.41, 5.74) is 6.31. The molecule has 2 amide bonds. The molecule has 1 aromatic carbocycles. The lowest BCUT2D eigenvalue weighted by molar-refractivity contribution is -0.147. The van der Waals surface area contributed by atoms with E-state index in [1.807, 2.05) is 24.3 Å². The fourth-order valence-corrected chi connectivity index (χ4v) is 3.25. The molecule has 34 heavy (non-hydrogen) atoms. The Kier molecular flexibility index (Phi) is 11.6. The van der Waals surface area contributed by atoms with Gasteiger partial charge in [-0.2, -0.15) is 0 Å². The molecule has 1 aromatic rings. The monoisotopic (exact) mass is 474 g/mol. The van der Waals surface area contributed by atoms with Crippen LogP contribution < -0.4 is 21.1 Å². The summed E-state index contributed by atoms with van der Waals surface area (Å²) >= 11 is 0. The molecule has 11 heteroatoms. The van der Waals surface area contributed by atoms with Crippen molar-refractivity contribution >= 4 is 25.3 Å². The van der Waals surface area contributed by atoms with Gasteiger partial charge in [0.2, 0.25) is 11.8 Å². The summed E-state index contributed by atoms with van der Waals surface area (Å²) in [6.45, 7) is 3.96. The van der Waals surface area contributed by atoms with Gasteiger partial charge in [0.25, 0.3) is 0 Å². The van der Waals surface area contributed by atoms with E-state index in [4.69, 9.17) is 24.6 Å². The second-order valence-electron chi connectivity index (χ2n) is 8.06. The van der Waals surface area contributed by atoms with Gasteiger partial charge in [-0.3, -0.25) is 9.59 Å². The lowest BCUT2D eigenvalue weighted by atomic mass is 9.75. The highest BCUT2D eigenvalue weighted by Gasteiger charge is 2.32. The summed E-state index contributed by atoms with van der Waals surface area (Å²) in [6.07, 6.45) is 3.88. The van der Waals surface area contributed by atoms with Gasteiger partial charge in [-0.1, -0.05) is 32.1 Å². The maximum Gasteiger partial charge on any atom is 0.330 e. The van der Waals surface area contributed by atoms with Crippen LogP contribution in [0.1, 0.15) is 19.4 Å². The number of hydrogen-bond acceptors (Lipinski definition) is 8. The number of amides is 2. The molecule has 0 saturated heterocycles. The molecule has 185 valence electrons. The molecule has 0 aliphatic carbocycles. The van der Waals surface area contributed by atoms with Crippen molar-refractivity contribution in [3.8, 4) is 5.75 Å². The zero-order valence-corrected chi connectivity index (χ0v) is 19.8. The van der Waals surface area contributed by atoms with Crippen molar-refractivity contribution in [2.75, 3.05) is 33.7 Å². The highest BCUT2D eigenvalue weighted by molar-refractivity contribution is 6.37. The number of methoxy groups -OCH3 is 1. The van der Waals surface area contributed by atoms with E-state index in [0.717, 1.165) is 5.56 Å². The van der Waals surface area contributed by atoms with E-state index in [0.29, 0.717) is 18.8 Å². The number of nitrogens with two attached hydrogens (primary N) is 1. The lowest BCUT2D eigenvalue weighted by Crippen LogP contribution is -2.55. The quantitative estimate of drug-likeness (QED) is 0.183. The van der Waals surface area contributed by atoms with Crippen LogP contribution in [0.4, 0.5) is 0 Å². The lowest BCUT2D eigenvalue weighted by Gasteiger charge is -2.26. The summed E-state index contributed by atoms with van der Waals surface area (Å²) in [6, 6.07) is 5.43. The Hall–Kier alpha value is -2.89. The Labute approximate surface area is 200 Å². The standard InChI is InChI=1S/C23H33BN3O7/c1-15(2)20-22(29)26-19(23(30)31-3)13-32-10-4-5-11-33-17-8-6-16(7-9-17)12-18(21(28)27-20)24-34-14-25/h4-9,15,18-20H,10-14,25H2,1-3H3,(H,26,29)(H,27,28)/b5-4+/t18-,19-,20-/m0/s1. The van der Waals surface area contributed by atoms with Crippen LogP contribution in [0.25, 0.3) is 0 Å². The Morgan fingerprint density at radius 1 is 1.15 bits per heavy atom. The van der Waals surface area contributed by atoms with Gasteiger partial charge in [-0.25, -0.2) is 4.79 Å². The molecule has 0 fully saturated rings. The van der Waals surface area contributed by atoms with Crippen LogP contribution in [0.15, 0.2) is 36.4 Å². The van der Waals surface area contributed by atoms with E-state index in [9.17, 15) is 14.4 Å². The van der Waals surface area contributed by atoms with Crippen LogP contribution in [0.2, 0.25) is 5.82 Å². The average Bonchev–Trinajstić information content (AvgIpc) is 2.83. The number of rotatable bonds is 5. The van der Waals surface area contributed by atoms with Crippen LogP contribution >= 0.6 is 0 Å². The Balaban J connectivity index is 2.29. The number of ether oxygens (including phenoxy) is 3. The molecule has 0 spiro atoms. The first-order valence-electron chi connectivity index (χ1n) is 11.1. The second-order valence-corrected chi connectivity index (χ2v) is 8.06. The minimum absolute atomic E-state index is 0.0843. The minimum Gasteiger partial charge on any atom is -0.490 e. The zero-order valence-electron chi connectivity index (χ0n) is 19.8. The van der Waals surface area contributed by atoms with Gasteiger partial charge in [-0.15, -0.1) is 0 Å². The molecule has 2 aliphatic heterocycles. The molecule has 0 saturated carbocycles. The molecule has 1 radical (unpaired) electrons. The number of benzene rings is 1. The highest BCUT2D eigenvalue weighted by Crippen LogP contribution is 2.19. The van der Waals surface area contributed by atoms with E-state index < -0.39 is 35.7 Å². The number of carbonyl (C=O) groups is 3. The normalized spacial score (nSPS) is 23.5. The van der Waals surface area contributed by atoms with Crippen LogP contribution in [0.3, 0.4) is 0 Å². The third-order valence-corrected chi connectivity index (χ3v) is 5.13. The number of nitrogens with one attached hydrogen (secondary N) is 2. The summed E-state index contributed by atoms with van der Waals surface area (Å²) in [4.78, 5) is 38.3. The van der Waals surface area contributed by atoms with Crippen molar-refractivity contribution in [2.24, 2.45) is 11.7 Å². The summed E-state index contributed by atoms with van der Waals surface area (Å²) in [5, 5.41) is 5.40. The van der Waals surface area contributed by atoms with Gasteiger partial charge >= 0.3 is 13.5 Å². The third kappa shape index (κ3) is 8.81. The molecule has 0 unspecified atom stereocenters. The average molecular weight is 474 g/mol. The molecule has 2 aliphatic rings. The van der Waals surface area contributed by atoms with E-state index in [1.54, 1.807) is 26.0 Å². The summed E-state index contributed by atoms with van der Waals surface area (Å²) in [5.74, 6) is -1.86. The number of carbonyl (C=O) groups excluding carboxylic acids is 3. The predicted molar refractivity (Wildman–Crippen MR) is 126 cm³/mol. The van der Waals surface area contributed by atoms with Gasteiger partial charge in [-0.05, 0) is 36.1 Å². The van der Waals surface area contributed by atoms with Gasteiger partial charge in [0.05, 0.1) is 27.1 Å². The predicted octanol–water partition coefficient (Wildman–Crippen LogP) is 0.333. The van der Waals surface area contributed by atoms with E-state index in [-0.39, 0.29) is 25.9 Å². The number of fused-ring (bicyclic) bond motifs is 15. The Bertz CT molecular complexity index is 832. The van der Waals surface area contributed by atoms with Crippen molar-refractivity contribution in [3.05, 3.63) is 42.0 Å². The summed E-state index contributed by atoms with van der Waals surface area (Å²) < 4.78 is 21.2. The van der Waals surface area contributed by atoms with Crippen molar-refractivity contribution in [1.29, 1.82) is 0 Å². The van der Waals surface area contributed by atoms with Crippen molar-refractivity contribution in [1.82, 2.24) is 10.6 Å². The highest BCUT2D eigenvalue weighted by atomic mass is 16.5. The van der Waals surface area contributed by atoms with Crippen molar-refractivity contribution in [3.63, 3.8) is 0 Å². The minimum atomic E-state index is -1.03. The van der Waals surface area contributed by atoms with Crippen LogP contribution in [-0.2, 0) is 34.9 Å². The third-order valence-electron chi connectivity index (χ3n) is 5.13. The first kappa shape index (κ1) is 27.4. The number of esters is 1. The van der Waals surface area contributed by atoms with Gasteiger partial charge < -0.3 is 35.2 Å². The van der Waals surface area contributed by atoms with Crippen LogP contribution in [0, 0.1) is 5.92 Å². The molecule has 3 atom stereocenters. The first-order chi connectivity index (χ1) is 16.3. The smallest absolute Gasteiger partial charge is 0.330 e. The first-order valence-corrected chi connectivity index (χ1v) is 11.1. The van der Waals surface area contributed by atoms with E-state index in [1.165, 1.54) is 14.6 Å². The zero-order chi connectivity index (χ0) is 24.9. The molecular formula is C23H33BN3O7. The molecular weight excluding hydrogens is 441 g/mol. The molecule has 3 rings (SSSR count). The SMILES string of the molecule is COC(=O)[C@@H]1COC/C=C/COc2ccc(cc2)C[C@H]([B]OCN)C(=O)N[C@@H](C(C)C)C(=O)N1. The fraction of sp³-hybridized carbons (Fsp3) is 0.522. The molecule has 4 N–H and O–H groups in total. The van der Waals surface area contributed by atoms with Gasteiger partial charge in [0.1, 0.15) is 18.4 Å². The Morgan fingerprint density at radius 3 is 2.50 bits per heavy atom. The molecule has 0 aromatic heterocycles. The van der Waals surface area contributed by atoms with Crippen LogP contribution in [-0.4, -0.2) is 71.0 Å². The van der Waals surface area contributed by atoms with Gasteiger partial charge in [0, 0.05) is 5.82 Å². The Morgan fingerprint density at radius 2 is 1.85 bits per heavy atom. The number of hydrogen-bond donors (Lipinski definition) is 3. The largest absolute Gasteiger partial charge is 0.490 e.